The highest BCUT2D eigenvalue weighted by atomic mass is 19.3. The van der Waals surface area contributed by atoms with Gasteiger partial charge in [-0.2, -0.15) is 5.26 Å². The Labute approximate surface area is 121 Å². The number of alkyl halides is 2. The van der Waals surface area contributed by atoms with E-state index in [-0.39, 0.29) is 25.4 Å². The van der Waals surface area contributed by atoms with E-state index < -0.39 is 12.0 Å². The first-order chi connectivity index (χ1) is 10.00. The molecule has 3 rings (SSSR count). The summed E-state index contributed by atoms with van der Waals surface area (Å²) >= 11 is 0. The molecule has 1 amide bonds. The molecule has 1 aromatic rings. The number of nitriles is 1. The maximum absolute atomic E-state index is 13.3. The van der Waals surface area contributed by atoms with E-state index in [4.69, 9.17) is 5.26 Å². The van der Waals surface area contributed by atoms with Gasteiger partial charge in [-0.3, -0.25) is 9.69 Å². The van der Waals surface area contributed by atoms with Gasteiger partial charge in [0, 0.05) is 25.2 Å². The summed E-state index contributed by atoms with van der Waals surface area (Å²) in [6, 6.07) is 8.32. The fourth-order valence-electron chi connectivity index (χ4n) is 3.00. The van der Waals surface area contributed by atoms with Crippen LogP contribution in [0.2, 0.25) is 0 Å². The molecule has 1 atom stereocenters. The Kier molecular flexibility index (Phi) is 3.38. The van der Waals surface area contributed by atoms with Crippen molar-refractivity contribution in [2.45, 2.75) is 24.8 Å². The lowest BCUT2D eigenvalue weighted by Crippen LogP contribution is -2.41. The average Bonchev–Trinajstić information content (AvgIpc) is 3.01. The van der Waals surface area contributed by atoms with Crippen molar-refractivity contribution in [3.8, 4) is 6.07 Å². The third-order valence-corrected chi connectivity index (χ3v) is 4.13. The molecular formula is C15H15F2N3O. The van der Waals surface area contributed by atoms with Crippen LogP contribution in [0.4, 0.5) is 14.5 Å². The SMILES string of the molecule is N#Cc1ccc(N2CC[C@@H](N3CCC(F)(F)C3)C2=O)cc1. The van der Waals surface area contributed by atoms with Crippen molar-refractivity contribution in [2.24, 2.45) is 0 Å². The van der Waals surface area contributed by atoms with E-state index in [2.05, 4.69) is 0 Å². The standard InChI is InChI=1S/C15H15F2N3O/c16-15(17)6-8-19(10-15)13-5-7-20(14(13)21)12-3-1-11(9-18)2-4-12/h1-4,13H,5-8,10H2/t13-/m1/s1. The monoisotopic (exact) mass is 291 g/mol. The molecule has 2 aliphatic rings. The zero-order valence-corrected chi connectivity index (χ0v) is 11.4. The van der Waals surface area contributed by atoms with Crippen LogP contribution < -0.4 is 4.90 Å². The van der Waals surface area contributed by atoms with Crippen molar-refractivity contribution < 1.29 is 13.6 Å². The maximum atomic E-state index is 13.3. The highest BCUT2D eigenvalue weighted by Crippen LogP contribution is 2.32. The van der Waals surface area contributed by atoms with Gasteiger partial charge in [0.15, 0.2) is 0 Å². The molecule has 2 heterocycles. The number of anilines is 1. The lowest BCUT2D eigenvalue weighted by molar-refractivity contribution is -0.121. The Morgan fingerprint density at radius 3 is 2.52 bits per heavy atom. The summed E-state index contributed by atoms with van der Waals surface area (Å²) in [5.41, 5.74) is 1.24. The first-order valence-corrected chi connectivity index (χ1v) is 6.94. The summed E-state index contributed by atoms with van der Waals surface area (Å²) in [4.78, 5) is 15.6. The van der Waals surface area contributed by atoms with Crippen molar-refractivity contribution in [1.82, 2.24) is 4.90 Å². The van der Waals surface area contributed by atoms with Crippen molar-refractivity contribution >= 4 is 11.6 Å². The van der Waals surface area contributed by atoms with Gasteiger partial charge in [-0.1, -0.05) is 0 Å². The number of carbonyl (C=O) groups excluding carboxylic acids is 1. The number of carbonyl (C=O) groups is 1. The fraction of sp³-hybridized carbons (Fsp3) is 0.467. The minimum absolute atomic E-state index is 0.127. The normalized spacial score (nSPS) is 25.3. The Morgan fingerprint density at radius 1 is 1.24 bits per heavy atom. The number of halogens is 2. The summed E-state index contributed by atoms with van der Waals surface area (Å²) in [6.07, 6.45) is 0.391. The number of rotatable bonds is 2. The molecule has 1 aromatic carbocycles. The molecular weight excluding hydrogens is 276 g/mol. The van der Waals surface area contributed by atoms with Crippen molar-refractivity contribution in [3.05, 3.63) is 29.8 Å². The molecule has 0 radical (unpaired) electrons. The first-order valence-electron chi connectivity index (χ1n) is 6.94. The van der Waals surface area contributed by atoms with Gasteiger partial charge in [0.25, 0.3) is 5.92 Å². The fourth-order valence-corrected chi connectivity index (χ4v) is 3.00. The maximum Gasteiger partial charge on any atom is 0.261 e. The van der Waals surface area contributed by atoms with Crippen LogP contribution in [0, 0.1) is 11.3 Å². The van der Waals surface area contributed by atoms with Gasteiger partial charge in [-0.15, -0.1) is 0 Å². The number of amides is 1. The van der Waals surface area contributed by atoms with Gasteiger partial charge >= 0.3 is 0 Å². The first kappa shape index (κ1) is 14.0. The summed E-state index contributed by atoms with van der Waals surface area (Å²) in [7, 11) is 0. The molecule has 0 aliphatic carbocycles. The molecule has 21 heavy (non-hydrogen) atoms. The van der Waals surface area contributed by atoms with Crippen LogP contribution in [0.3, 0.4) is 0 Å². The molecule has 110 valence electrons. The zero-order chi connectivity index (χ0) is 15.0. The lowest BCUT2D eigenvalue weighted by Gasteiger charge is -2.23. The van der Waals surface area contributed by atoms with Gasteiger partial charge in [0.05, 0.1) is 24.2 Å². The molecule has 0 aromatic heterocycles. The third kappa shape index (κ3) is 2.61. The summed E-state index contributed by atoms with van der Waals surface area (Å²) < 4.78 is 26.6. The minimum Gasteiger partial charge on any atom is -0.311 e. The summed E-state index contributed by atoms with van der Waals surface area (Å²) in [6.45, 7) is 0.465. The molecule has 2 fully saturated rings. The van der Waals surface area contributed by atoms with E-state index in [0.717, 1.165) is 0 Å². The predicted molar refractivity (Wildman–Crippen MR) is 73.1 cm³/mol. The van der Waals surface area contributed by atoms with E-state index in [1.165, 1.54) is 0 Å². The molecule has 0 N–H and O–H groups in total. The minimum atomic E-state index is -2.68. The van der Waals surface area contributed by atoms with Gasteiger partial charge in [0.2, 0.25) is 5.91 Å². The van der Waals surface area contributed by atoms with E-state index in [9.17, 15) is 13.6 Å². The number of hydrogen-bond donors (Lipinski definition) is 0. The van der Waals surface area contributed by atoms with E-state index in [0.29, 0.717) is 24.2 Å². The Balaban J connectivity index is 1.73. The molecule has 0 unspecified atom stereocenters. The quantitative estimate of drug-likeness (QED) is 0.837. The number of hydrogen-bond acceptors (Lipinski definition) is 3. The van der Waals surface area contributed by atoms with Crippen LogP contribution in [0.25, 0.3) is 0 Å². The summed E-state index contributed by atoms with van der Waals surface area (Å²) in [5.74, 6) is -2.81. The van der Waals surface area contributed by atoms with E-state index in [1.807, 2.05) is 6.07 Å². The van der Waals surface area contributed by atoms with Crippen LogP contribution in [0.15, 0.2) is 24.3 Å². The van der Waals surface area contributed by atoms with Crippen molar-refractivity contribution in [3.63, 3.8) is 0 Å². The Morgan fingerprint density at radius 2 is 1.95 bits per heavy atom. The predicted octanol–water partition coefficient (Wildman–Crippen LogP) is 2.00. The molecule has 6 heteroatoms. The van der Waals surface area contributed by atoms with Crippen LogP contribution in [-0.2, 0) is 4.79 Å². The second kappa shape index (κ2) is 5.08. The highest BCUT2D eigenvalue weighted by Gasteiger charge is 2.45. The van der Waals surface area contributed by atoms with Gasteiger partial charge in [-0.05, 0) is 30.7 Å². The van der Waals surface area contributed by atoms with Crippen molar-refractivity contribution in [2.75, 3.05) is 24.5 Å². The Bertz CT molecular complexity index is 594. The molecule has 0 spiro atoms. The van der Waals surface area contributed by atoms with Crippen LogP contribution in [-0.4, -0.2) is 42.4 Å². The molecule has 4 nitrogen and oxygen atoms in total. The number of benzene rings is 1. The van der Waals surface area contributed by atoms with Gasteiger partial charge in [0.1, 0.15) is 0 Å². The van der Waals surface area contributed by atoms with Crippen LogP contribution in [0.1, 0.15) is 18.4 Å². The number of likely N-dealkylation sites (tertiary alicyclic amines) is 1. The third-order valence-electron chi connectivity index (χ3n) is 4.13. The molecule has 0 bridgehead atoms. The average molecular weight is 291 g/mol. The summed E-state index contributed by atoms with van der Waals surface area (Å²) in [5, 5.41) is 8.77. The van der Waals surface area contributed by atoms with Gasteiger partial charge in [-0.25, -0.2) is 8.78 Å². The van der Waals surface area contributed by atoms with Gasteiger partial charge < -0.3 is 4.90 Å². The van der Waals surface area contributed by atoms with Crippen LogP contribution >= 0.6 is 0 Å². The van der Waals surface area contributed by atoms with E-state index in [1.54, 1.807) is 34.1 Å². The van der Waals surface area contributed by atoms with E-state index >= 15 is 0 Å². The molecule has 2 aliphatic heterocycles. The topological polar surface area (TPSA) is 47.3 Å². The van der Waals surface area contributed by atoms with Crippen LogP contribution in [0.5, 0.6) is 0 Å². The highest BCUT2D eigenvalue weighted by molar-refractivity contribution is 5.99. The molecule has 2 saturated heterocycles. The number of nitrogens with zero attached hydrogens (tertiary/aromatic N) is 3. The second-order valence-electron chi connectivity index (χ2n) is 5.53. The second-order valence-corrected chi connectivity index (χ2v) is 5.53. The smallest absolute Gasteiger partial charge is 0.261 e. The van der Waals surface area contributed by atoms with Crippen molar-refractivity contribution in [1.29, 1.82) is 5.26 Å². The molecule has 0 saturated carbocycles. The largest absolute Gasteiger partial charge is 0.311 e. The lowest BCUT2D eigenvalue weighted by atomic mass is 10.2. The Hall–Kier alpha value is -2.00. The zero-order valence-electron chi connectivity index (χ0n) is 11.4.